The van der Waals surface area contributed by atoms with Crippen molar-refractivity contribution in [2.45, 2.75) is 13.3 Å². The molecule has 0 fully saturated rings. The van der Waals surface area contributed by atoms with Gasteiger partial charge in [-0.2, -0.15) is 24.5 Å². The van der Waals surface area contributed by atoms with Crippen molar-refractivity contribution in [1.82, 2.24) is 29.5 Å². The number of nitrogens with zero attached hydrogens (tertiary/aromatic N) is 6. The fourth-order valence-corrected chi connectivity index (χ4v) is 3.28. The van der Waals surface area contributed by atoms with Crippen LogP contribution in [0.15, 0.2) is 48.8 Å². The van der Waals surface area contributed by atoms with Gasteiger partial charge in [0.1, 0.15) is 0 Å². The number of aromatic nitrogens is 6. The molecule has 34 heavy (non-hydrogen) atoms. The summed E-state index contributed by atoms with van der Waals surface area (Å²) in [4.78, 5) is 34.7. The molecule has 176 valence electrons. The van der Waals surface area contributed by atoms with Crippen molar-refractivity contribution in [3.05, 3.63) is 74.8 Å². The van der Waals surface area contributed by atoms with Crippen LogP contribution in [0.3, 0.4) is 0 Å². The highest BCUT2D eigenvalue weighted by Crippen LogP contribution is 2.25. The molecule has 0 saturated carbocycles. The zero-order valence-corrected chi connectivity index (χ0v) is 20.3. The molecule has 0 bridgehead atoms. The quantitative estimate of drug-likeness (QED) is 0.333. The second-order valence-electron chi connectivity index (χ2n) is 5.86. The summed E-state index contributed by atoms with van der Waals surface area (Å²) in [6.45, 7) is 2.31. The maximum atomic E-state index is 10.3. The SMILES string of the molecule is CCc1cc(Cl)nn1-c1ncccc1Cl.O=C=O.O=COc1cc(Cl)nn1-c1ncccc1Cl. The van der Waals surface area contributed by atoms with Gasteiger partial charge in [0.15, 0.2) is 21.9 Å². The maximum absolute atomic E-state index is 10.3. The van der Waals surface area contributed by atoms with Crippen molar-refractivity contribution in [2.75, 3.05) is 0 Å². The first-order valence-corrected chi connectivity index (χ1v) is 10.7. The van der Waals surface area contributed by atoms with Gasteiger partial charge >= 0.3 is 6.15 Å². The van der Waals surface area contributed by atoms with E-state index in [0.29, 0.717) is 26.8 Å². The zero-order valence-electron chi connectivity index (χ0n) is 17.2. The minimum Gasteiger partial charge on any atom is -0.409 e. The van der Waals surface area contributed by atoms with Crippen LogP contribution in [0.4, 0.5) is 0 Å². The summed E-state index contributed by atoms with van der Waals surface area (Å²) in [5.41, 5.74) is 0.987. The first-order chi connectivity index (χ1) is 16.4. The van der Waals surface area contributed by atoms with E-state index in [1.165, 1.54) is 10.7 Å². The minimum absolute atomic E-state index is 0.153. The van der Waals surface area contributed by atoms with Crippen molar-refractivity contribution in [3.63, 3.8) is 0 Å². The molecule has 4 aromatic rings. The van der Waals surface area contributed by atoms with Gasteiger partial charge in [0.25, 0.3) is 6.47 Å². The zero-order chi connectivity index (χ0) is 25.1. The summed E-state index contributed by atoms with van der Waals surface area (Å²) in [7, 11) is 0. The molecule has 14 heteroatoms. The smallest absolute Gasteiger partial charge is 0.373 e. The number of ether oxygens (including phenoxy) is 1. The van der Waals surface area contributed by atoms with Crippen LogP contribution in [0.25, 0.3) is 11.6 Å². The molecule has 0 aliphatic heterocycles. The fourth-order valence-electron chi connectivity index (χ4n) is 2.51. The minimum atomic E-state index is 0.153. The molecule has 4 rings (SSSR count). The van der Waals surface area contributed by atoms with Crippen LogP contribution >= 0.6 is 46.4 Å². The summed E-state index contributed by atoms with van der Waals surface area (Å²) in [6.07, 6.45) is 4.30. The van der Waals surface area contributed by atoms with Crippen molar-refractivity contribution < 1.29 is 19.1 Å². The third-order valence-electron chi connectivity index (χ3n) is 3.81. The lowest BCUT2D eigenvalue weighted by atomic mass is 10.3. The Kier molecular flexibility index (Phi) is 10.7. The van der Waals surface area contributed by atoms with Crippen LogP contribution < -0.4 is 4.74 Å². The Bertz CT molecular complexity index is 1290. The molecule has 4 aromatic heterocycles. The summed E-state index contributed by atoms with van der Waals surface area (Å²) in [5, 5.41) is 9.63. The number of hydrogen-bond donors (Lipinski definition) is 0. The lowest BCUT2D eigenvalue weighted by molar-refractivity contribution is -0.191. The van der Waals surface area contributed by atoms with E-state index in [9.17, 15) is 4.79 Å². The van der Waals surface area contributed by atoms with Gasteiger partial charge in [-0.3, -0.25) is 4.79 Å². The van der Waals surface area contributed by atoms with E-state index in [1.807, 2.05) is 13.0 Å². The molecule has 0 aliphatic carbocycles. The Balaban J connectivity index is 0.000000216. The van der Waals surface area contributed by atoms with Gasteiger partial charge in [-0.1, -0.05) is 53.3 Å². The van der Waals surface area contributed by atoms with Crippen molar-refractivity contribution in [2.24, 2.45) is 0 Å². The molecule has 0 radical (unpaired) electrons. The molecular formula is C20H14Cl4N6O4. The highest BCUT2D eigenvalue weighted by Gasteiger charge is 2.13. The first-order valence-electron chi connectivity index (χ1n) is 9.17. The molecule has 0 atom stereocenters. The molecule has 0 aromatic carbocycles. The van der Waals surface area contributed by atoms with Crippen LogP contribution in [0, 0.1) is 0 Å². The van der Waals surface area contributed by atoms with E-state index < -0.39 is 0 Å². The Labute approximate surface area is 213 Å². The van der Waals surface area contributed by atoms with Gasteiger partial charge in [-0.15, -0.1) is 0 Å². The molecule has 0 spiro atoms. The van der Waals surface area contributed by atoms with Gasteiger partial charge in [-0.25, -0.2) is 14.6 Å². The van der Waals surface area contributed by atoms with Crippen LogP contribution in [0.1, 0.15) is 12.6 Å². The van der Waals surface area contributed by atoms with E-state index in [2.05, 4.69) is 20.2 Å². The van der Waals surface area contributed by atoms with Gasteiger partial charge in [0.05, 0.1) is 10.0 Å². The average molecular weight is 544 g/mol. The number of aryl methyl sites for hydroxylation is 1. The average Bonchev–Trinajstić information content (AvgIpc) is 3.37. The van der Waals surface area contributed by atoms with Crippen LogP contribution in [-0.4, -0.2) is 42.2 Å². The highest BCUT2D eigenvalue weighted by atomic mass is 35.5. The number of pyridine rings is 2. The fraction of sp³-hybridized carbons (Fsp3) is 0.100. The van der Waals surface area contributed by atoms with E-state index in [-0.39, 0.29) is 23.7 Å². The van der Waals surface area contributed by atoms with Crippen molar-refractivity contribution >= 4 is 59.0 Å². The van der Waals surface area contributed by atoms with Crippen LogP contribution in [-0.2, 0) is 20.8 Å². The van der Waals surface area contributed by atoms with E-state index >= 15 is 0 Å². The molecule has 0 amide bonds. The predicted octanol–water partition coefficient (Wildman–Crippen LogP) is 4.66. The van der Waals surface area contributed by atoms with E-state index in [0.717, 1.165) is 12.1 Å². The molecule has 0 aliphatic rings. The monoisotopic (exact) mass is 542 g/mol. The molecule has 10 nitrogen and oxygen atoms in total. The largest absolute Gasteiger partial charge is 0.409 e. The lowest BCUT2D eigenvalue weighted by Gasteiger charge is -2.05. The summed E-state index contributed by atoms with van der Waals surface area (Å²) in [6, 6.07) is 10.1. The predicted molar refractivity (Wildman–Crippen MR) is 124 cm³/mol. The Morgan fingerprint density at radius 1 is 0.912 bits per heavy atom. The molecule has 4 heterocycles. The number of halogens is 4. The standard InChI is InChI=1S/C10H9Cl2N3.C9H5Cl2N3O2.CO2/c1-2-7-6-9(12)14-15(7)10-8(11)4-3-5-13-10;10-6-2-1-3-12-9(6)14-8(16-5-15)4-7(11)13-14;2-1-3/h3-6H,2H2,1H3;1-5H;. The number of hydrogen-bond acceptors (Lipinski definition) is 8. The summed E-state index contributed by atoms with van der Waals surface area (Å²) >= 11 is 23.5. The van der Waals surface area contributed by atoms with Crippen LogP contribution in [0.5, 0.6) is 5.88 Å². The highest BCUT2D eigenvalue weighted by molar-refractivity contribution is 6.32. The van der Waals surface area contributed by atoms with Gasteiger partial charge in [-0.05, 0) is 36.8 Å². The molecular weight excluding hydrogens is 530 g/mol. The third kappa shape index (κ3) is 7.11. The first kappa shape index (κ1) is 27.0. The molecule has 0 saturated heterocycles. The Hall–Kier alpha value is -3.27. The number of carbonyl (C=O) groups is 1. The summed E-state index contributed by atoms with van der Waals surface area (Å²) in [5.74, 6) is 1.11. The lowest BCUT2D eigenvalue weighted by Crippen LogP contribution is -2.03. The second kappa shape index (κ2) is 13.4. The van der Waals surface area contributed by atoms with Gasteiger partial charge in [0, 0.05) is 24.2 Å². The normalized spacial score (nSPS) is 9.68. The van der Waals surface area contributed by atoms with Gasteiger partial charge < -0.3 is 4.74 Å². The van der Waals surface area contributed by atoms with Crippen molar-refractivity contribution in [1.29, 1.82) is 0 Å². The topological polar surface area (TPSA) is 122 Å². The van der Waals surface area contributed by atoms with Crippen LogP contribution in [0.2, 0.25) is 20.4 Å². The summed E-state index contributed by atoms with van der Waals surface area (Å²) < 4.78 is 7.62. The van der Waals surface area contributed by atoms with E-state index in [4.69, 9.17) is 60.7 Å². The Morgan fingerprint density at radius 2 is 1.41 bits per heavy atom. The number of rotatable bonds is 5. The second-order valence-corrected chi connectivity index (χ2v) is 7.44. The molecule has 0 unspecified atom stereocenters. The molecule has 0 N–H and O–H groups in total. The maximum Gasteiger partial charge on any atom is 0.373 e. The Morgan fingerprint density at radius 3 is 1.91 bits per heavy atom. The van der Waals surface area contributed by atoms with Crippen molar-refractivity contribution in [3.8, 4) is 17.5 Å². The third-order valence-corrected chi connectivity index (χ3v) is 4.77. The van der Waals surface area contributed by atoms with Gasteiger partial charge in [0.2, 0.25) is 5.88 Å². The number of carbonyl (C=O) groups excluding carboxylic acids is 3. The van der Waals surface area contributed by atoms with E-state index in [1.54, 1.807) is 41.3 Å².